The van der Waals surface area contributed by atoms with Crippen LogP contribution in [-0.2, 0) is 18.8 Å². The summed E-state index contributed by atoms with van der Waals surface area (Å²) < 4.78 is 12.9. The van der Waals surface area contributed by atoms with Gasteiger partial charge in [0.25, 0.3) is 5.91 Å². The van der Waals surface area contributed by atoms with Crippen LogP contribution in [0.2, 0.25) is 0 Å². The maximum absolute atomic E-state index is 12.3. The molecule has 3 aromatic heterocycles. The molecule has 0 bridgehead atoms. The van der Waals surface area contributed by atoms with E-state index >= 15 is 0 Å². The van der Waals surface area contributed by atoms with Crippen LogP contribution in [0, 0.1) is 0 Å². The lowest BCUT2D eigenvalue weighted by molar-refractivity contribution is 0.0588. The lowest BCUT2D eigenvalue weighted by Crippen LogP contribution is -2.15. The van der Waals surface area contributed by atoms with Crippen molar-refractivity contribution in [3.8, 4) is 5.75 Å². The first-order valence-electron chi connectivity index (χ1n) is 7.94. The van der Waals surface area contributed by atoms with E-state index in [1.807, 2.05) is 0 Å². The molecule has 28 heavy (non-hydrogen) atoms. The number of carbonyl (C=O) groups is 3. The Morgan fingerprint density at radius 3 is 2.46 bits per heavy atom. The number of nitrogen functional groups attached to an aromatic ring is 1. The molecule has 0 radical (unpaired) electrons. The van der Waals surface area contributed by atoms with Crippen molar-refractivity contribution in [3.05, 3.63) is 47.0 Å². The van der Waals surface area contributed by atoms with Crippen molar-refractivity contribution in [2.75, 3.05) is 18.2 Å². The van der Waals surface area contributed by atoms with Crippen molar-refractivity contribution in [3.63, 3.8) is 0 Å². The van der Waals surface area contributed by atoms with Gasteiger partial charge < -0.3 is 24.3 Å². The fraction of sp³-hybridized carbons (Fsp3) is 0.176. The van der Waals surface area contributed by atoms with Gasteiger partial charge in [0.1, 0.15) is 17.1 Å². The number of nitrogens with zero attached hydrogens (tertiary/aromatic N) is 3. The van der Waals surface area contributed by atoms with E-state index in [9.17, 15) is 14.4 Å². The highest BCUT2D eigenvalue weighted by atomic mass is 32.1. The molecule has 0 aromatic carbocycles. The van der Waals surface area contributed by atoms with Crippen LogP contribution < -0.4 is 15.8 Å². The summed E-state index contributed by atoms with van der Waals surface area (Å²) in [6, 6.07) is 2.92. The van der Waals surface area contributed by atoms with Gasteiger partial charge in [-0.05, 0) is 6.07 Å². The van der Waals surface area contributed by atoms with E-state index < -0.39 is 17.8 Å². The van der Waals surface area contributed by atoms with Crippen molar-refractivity contribution < 1.29 is 23.9 Å². The van der Waals surface area contributed by atoms with Gasteiger partial charge in [0.05, 0.1) is 12.8 Å². The van der Waals surface area contributed by atoms with E-state index in [0.717, 1.165) is 11.3 Å². The monoisotopic (exact) mass is 403 g/mol. The summed E-state index contributed by atoms with van der Waals surface area (Å²) >= 11 is 1.08. The molecule has 146 valence electrons. The third kappa shape index (κ3) is 3.88. The largest absolute Gasteiger partial charge is 0.464 e. The molecule has 3 N–H and O–H groups in total. The summed E-state index contributed by atoms with van der Waals surface area (Å²) in [7, 11) is 4.57. The number of hydrogen-bond acceptors (Lipinski definition) is 8. The number of aryl methyl sites for hydroxylation is 2. The standard InChI is InChI=1S/C17H17N5O5S/c1-21-6-9(18)4-12(21)14(23)20-17-19-11(8-28-17)15(24)27-10-5-13(16(25)26-3)22(2)7-10/h4-8H,18H2,1-3H3,(H,19,20,23). The SMILES string of the molecule is COC(=O)c1cc(OC(=O)c2csc(NC(=O)c3cc(N)cn3C)n2)cn1C. The molecular formula is C17H17N5O5S. The molecule has 0 saturated heterocycles. The predicted molar refractivity (Wildman–Crippen MR) is 102 cm³/mol. The second-order valence-electron chi connectivity index (χ2n) is 5.81. The Hall–Kier alpha value is -3.60. The van der Waals surface area contributed by atoms with E-state index in [2.05, 4.69) is 15.0 Å². The summed E-state index contributed by atoms with van der Waals surface area (Å²) in [6.45, 7) is 0. The molecule has 0 aliphatic rings. The van der Waals surface area contributed by atoms with Gasteiger partial charge in [-0.1, -0.05) is 0 Å². The van der Waals surface area contributed by atoms with E-state index in [-0.39, 0.29) is 22.3 Å². The van der Waals surface area contributed by atoms with Crippen molar-refractivity contribution in [1.29, 1.82) is 0 Å². The Bertz CT molecular complexity index is 1060. The number of thiazole rings is 1. The summed E-state index contributed by atoms with van der Waals surface area (Å²) in [5.41, 5.74) is 6.74. The first kappa shape index (κ1) is 19.2. The Labute approximate surface area is 163 Å². The normalized spacial score (nSPS) is 10.5. The number of hydrogen-bond donors (Lipinski definition) is 2. The Morgan fingerprint density at radius 1 is 1.11 bits per heavy atom. The molecule has 3 aromatic rings. The maximum Gasteiger partial charge on any atom is 0.363 e. The summed E-state index contributed by atoms with van der Waals surface area (Å²) in [5, 5.41) is 4.30. The van der Waals surface area contributed by atoms with Gasteiger partial charge in [0.2, 0.25) is 0 Å². The van der Waals surface area contributed by atoms with Crippen LogP contribution in [0.3, 0.4) is 0 Å². The number of rotatable bonds is 5. The van der Waals surface area contributed by atoms with E-state index in [1.165, 1.54) is 35.4 Å². The summed E-state index contributed by atoms with van der Waals surface area (Å²) in [4.78, 5) is 40.2. The zero-order chi connectivity index (χ0) is 20.4. The molecule has 0 aliphatic heterocycles. The lowest BCUT2D eigenvalue weighted by atomic mass is 10.4. The summed E-state index contributed by atoms with van der Waals surface area (Å²) in [5.74, 6) is -1.50. The van der Waals surface area contributed by atoms with Gasteiger partial charge in [-0.15, -0.1) is 11.3 Å². The van der Waals surface area contributed by atoms with Crippen LogP contribution in [0.25, 0.3) is 0 Å². The van der Waals surface area contributed by atoms with Crippen LogP contribution >= 0.6 is 11.3 Å². The van der Waals surface area contributed by atoms with Crippen molar-refractivity contribution in [2.24, 2.45) is 14.1 Å². The molecule has 1 amide bonds. The lowest BCUT2D eigenvalue weighted by Gasteiger charge is -2.02. The topological polar surface area (TPSA) is 130 Å². The van der Waals surface area contributed by atoms with E-state index in [0.29, 0.717) is 11.4 Å². The van der Waals surface area contributed by atoms with Crippen LogP contribution in [-0.4, -0.2) is 39.1 Å². The molecule has 3 heterocycles. The highest BCUT2D eigenvalue weighted by Gasteiger charge is 2.19. The number of nitrogens with two attached hydrogens (primary N) is 1. The van der Waals surface area contributed by atoms with Crippen molar-refractivity contribution >= 4 is 40.0 Å². The third-order valence-corrected chi connectivity index (χ3v) is 4.54. The number of nitrogens with one attached hydrogen (secondary N) is 1. The second kappa shape index (κ2) is 7.56. The van der Waals surface area contributed by atoms with Crippen LogP contribution in [0.1, 0.15) is 31.5 Å². The molecule has 0 aliphatic carbocycles. The number of carbonyl (C=O) groups excluding carboxylic acids is 3. The van der Waals surface area contributed by atoms with E-state index in [4.69, 9.17) is 10.5 Å². The first-order chi connectivity index (χ1) is 13.3. The van der Waals surface area contributed by atoms with Gasteiger partial charge in [0, 0.05) is 37.9 Å². The average molecular weight is 403 g/mol. The minimum atomic E-state index is -0.720. The van der Waals surface area contributed by atoms with Crippen LogP contribution in [0.4, 0.5) is 10.8 Å². The number of anilines is 2. The number of ether oxygens (including phenoxy) is 2. The number of amides is 1. The molecule has 0 spiro atoms. The highest BCUT2D eigenvalue weighted by molar-refractivity contribution is 7.14. The van der Waals surface area contributed by atoms with Crippen molar-refractivity contribution in [1.82, 2.24) is 14.1 Å². The predicted octanol–water partition coefficient (Wildman–Crippen LogP) is 1.66. The molecule has 11 heteroatoms. The molecule has 0 unspecified atom stereocenters. The number of esters is 2. The van der Waals surface area contributed by atoms with E-state index in [1.54, 1.807) is 24.9 Å². The minimum Gasteiger partial charge on any atom is -0.464 e. The van der Waals surface area contributed by atoms with Gasteiger partial charge in [-0.25, -0.2) is 14.6 Å². The number of methoxy groups -OCH3 is 1. The molecular weight excluding hydrogens is 386 g/mol. The number of aromatic nitrogens is 3. The minimum absolute atomic E-state index is 0.0233. The zero-order valence-corrected chi connectivity index (χ0v) is 16.1. The molecule has 3 rings (SSSR count). The van der Waals surface area contributed by atoms with Crippen LogP contribution in [0.5, 0.6) is 5.75 Å². The van der Waals surface area contributed by atoms with Gasteiger partial charge in [-0.2, -0.15) is 0 Å². The Kier molecular flexibility index (Phi) is 5.18. The Morgan fingerprint density at radius 2 is 1.82 bits per heavy atom. The van der Waals surface area contributed by atoms with Crippen molar-refractivity contribution in [2.45, 2.75) is 0 Å². The zero-order valence-electron chi connectivity index (χ0n) is 15.3. The molecule has 0 atom stereocenters. The first-order valence-corrected chi connectivity index (χ1v) is 8.82. The smallest absolute Gasteiger partial charge is 0.363 e. The quantitative estimate of drug-likeness (QED) is 0.620. The highest BCUT2D eigenvalue weighted by Crippen LogP contribution is 2.21. The Balaban J connectivity index is 1.68. The van der Waals surface area contributed by atoms with Crippen LogP contribution in [0.15, 0.2) is 29.9 Å². The fourth-order valence-electron chi connectivity index (χ4n) is 2.46. The second-order valence-corrected chi connectivity index (χ2v) is 6.67. The molecule has 0 saturated carbocycles. The third-order valence-electron chi connectivity index (χ3n) is 3.78. The average Bonchev–Trinajstić information content (AvgIpc) is 3.33. The van der Waals surface area contributed by atoms with Gasteiger partial charge in [-0.3, -0.25) is 10.1 Å². The van der Waals surface area contributed by atoms with Gasteiger partial charge in [0.15, 0.2) is 10.8 Å². The fourth-order valence-corrected chi connectivity index (χ4v) is 3.13. The summed E-state index contributed by atoms with van der Waals surface area (Å²) in [6.07, 6.45) is 3.08. The maximum atomic E-state index is 12.3. The molecule has 0 fully saturated rings. The van der Waals surface area contributed by atoms with Gasteiger partial charge >= 0.3 is 11.9 Å². The molecule has 10 nitrogen and oxygen atoms in total.